The fourth-order valence-corrected chi connectivity index (χ4v) is 4.05. The van der Waals surface area contributed by atoms with Crippen molar-refractivity contribution >= 4 is 11.8 Å². The zero-order valence-corrected chi connectivity index (χ0v) is 15.1. The number of carbonyl (C=O) groups excluding carboxylic acids is 2. The maximum absolute atomic E-state index is 12.8. The van der Waals surface area contributed by atoms with Gasteiger partial charge in [-0.25, -0.2) is 0 Å². The molecule has 132 valence electrons. The number of nitrogens with two attached hydrogens (primary N) is 1. The summed E-state index contributed by atoms with van der Waals surface area (Å²) in [6.45, 7) is 8.35. The van der Waals surface area contributed by atoms with Crippen molar-refractivity contribution in [3.63, 3.8) is 0 Å². The first-order valence-corrected chi connectivity index (χ1v) is 8.55. The molecule has 0 aromatic heterocycles. The van der Waals surface area contributed by atoms with E-state index in [2.05, 4.69) is 5.32 Å². The molecule has 0 unspecified atom stereocenters. The van der Waals surface area contributed by atoms with E-state index in [1.54, 1.807) is 4.90 Å². The van der Waals surface area contributed by atoms with Crippen LogP contribution in [-0.2, 0) is 16.0 Å². The zero-order chi connectivity index (χ0) is 18.0. The van der Waals surface area contributed by atoms with E-state index >= 15 is 0 Å². The fourth-order valence-electron chi connectivity index (χ4n) is 4.05. The van der Waals surface area contributed by atoms with Crippen molar-refractivity contribution in [2.24, 2.45) is 5.73 Å². The van der Waals surface area contributed by atoms with Gasteiger partial charge in [0.15, 0.2) is 0 Å². The molecule has 1 aliphatic rings. The van der Waals surface area contributed by atoms with Crippen molar-refractivity contribution in [2.75, 3.05) is 6.54 Å². The molecule has 3 N–H and O–H groups in total. The van der Waals surface area contributed by atoms with E-state index in [-0.39, 0.29) is 6.04 Å². The normalized spacial score (nSPS) is 19.8. The Labute approximate surface area is 144 Å². The Morgan fingerprint density at radius 3 is 2.21 bits per heavy atom. The molecular weight excluding hydrogens is 302 g/mol. The molecule has 0 aliphatic carbocycles. The van der Waals surface area contributed by atoms with Gasteiger partial charge >= 0.3 is 11.8 Å². The summed E-state index contributed by atoms with van der Waals surface area (Å²) in [6, 6.07) is 9.93. The Bertz CT molecular complexity index is 578. The highest BCUT2D eigenvalue weighted by Crippen LogP contribution is 2.37. The van der Waals surface area contributed by atoms with Crippen LogP contribution in [0.25, 0.3) is 0 Å². The number of nitrogens with one attached hydrogen (secondary N) is 1. The van der Waals surface area contributed by atoms with Gasteiger partial charge in [-0.1, -0.05) is 30.3 Å². The molecule has 1 aliphatic heterocycles. The molecule has 0 radical (unpaired) electrons. The average molecular weight is 331 g/mol. The molecule has 0 saturated carbocycles. The van der Waals surface area contributed by atoms with Crippen molar-refractivity contribution in [3.8, 4) is 0 Å². The van der Waals surface area contributed by atoms with E-state index in [1.807, 2.05) is 58.0 Å². The molecule has 5 heteroatoms. The van der Waals surface area contributed by atoms with Gasteiger partial charge in [-0.05, 0) is 52.5 Å². The van der Waals surface area contributed by atoms with E-state index in [0.29, 0.717) is 25.8 Å². The number of likely N-dealkylation sites (tertiary alicyclic amines) is 1. The van der Waals surface area contributed by atoms with Crippen LogP contribution >= 0.6 is 0 Å². The number of carbonyl (C=O) groups is 2. The number of amides is 2. The lowest BCUT2D eigenvalue weighted by molar-refractivity contribution is -0.159. The molecule has 2 rings (SSSR count). The Morgan fingerprint density at radius 1 is 1.12 bits per heavy atom. The van der Waals surface area contributed by atoms with Crippen LogP contribution in [0.15, 0.2) is 30.3 Å². The molecule has 0 atom stereocenters. The molecule has 2 amide bonds. The maximum Gasteiger partial charge on any atom is 0.312 e. The molecule has 1 aromatic rings. The van der Waals surface area contributed by atoms with Crippen molar-refractivity contribution in [1.29, 1.82) is 0 Å². The Balaban J connectivity index is 1.99. The van der Waals surface area contributed by atoms with Gasteiger partial charge in [-0.15, -0.1) is 0 Å². The van der Waals surface area contributed by atoms with Gasteiger partial charge in [0.25, 0.3) is 0 Å². The first-order chi connectivity index (χ1) is 11.1. The zero-order valence-electron chi connectivity index (χ0n) is 15.1. The largest absolute Gasteiger partial charge is 0.347 e. The SMILES string of the molecule is CC1(C)CC(N)CC(C)(C)N1C(=O)C(=O)NCCc1ccccc1. The molecule has 1 aromatic carbocycles. The summed E-state index contributed by atoms with van der Waals surface area (Å²) < 4.78 is 0. The molecule has 1 heterocycles. The molecule has 1 fully saturated rings. The predicted octanol–water partition coefficient (Wildman–Crippen LogP) is 1.85. The lowest BCUT2D eigenvalue weighted by Gasteiger charge is -2.54. The third kappa shape index (κ3) is 4.15. The van der Waals surface area contributed by atoms with Gasteiger partial charge < -0.3 is 16.0 Å². The van der Waals surface area contributed by atoms with E-state index in [4.69, 9.17) is 5.73 Å². The van der Waals surface area contributed by atoms with E-state index in [1.165, 1.54) is 0 Å². The van der Waals surface area contributed by atoms with Crippen LogP contribution in [0.2, 0.25) is 0 Å². The monoisotopic (exact) mass is 331 g/mol. The van der Waals surface area contributed by atoms with Gasteiger partial charge in [0.05, 0.1) is 0 Å². The Hall–Kier alpha value is -1.88. The lowest BCUT2D eigenvalue weighted by Crippen LogP contribution is -2.67. The lowest BCUT2D eigenvalue weighted by atomic mass is 9.77. The third-order valence-corrected chi connectivity index (χ3v) is 4.67. The van der Waals surface area contributed by atoms with Crippen LogP contribution in [0.4, 0.5) is 0 Å². The van der Waals surface area contributed by atoms with Crippen LogP contribution in [0, 0.1) is 0 Å². The first kappa shape index (κ1) is 18.5. The van der Waals surface area contributed by atoms with Crippen molar-refractivity contribution in [2.45, 2.75) is 64.1 Å². The number of rotatable bonds is 3. The Kier molecular flexibility index (Phi) is 5.33. The average Bonchev–Trinajstić information content (AvgIpc) is 2.45. The second-order valence-corrected chi connectivity index (χ2v) is 7.93. The van der Waals surface area contributed by atoms with Gasteiger partial charge in [-0.2, -0.15) is 0 Å². The maximum atomic E-state index is 12.8. The number of nitrogens with zero attached hydrogens (tertiary/aromatic N) is 1. The highest BCUT2D eigenvalue weighted by atomic mass is 16.2. The van der Waals surface area contributed by atoms with Crippen LogP contribution in [-0.4, -0.2) is 40.4 Å². The predicted molar refractivity (Wildman–Crippen MR) is 95.4 cm³/mol. The summed E-state index contributed by atoms with van der Waals surface area (Å²) >= 11 is 0. The van der Waals surface area contributed by atoms with Crippen LogP contribution < -0.4 is 11.1 Å². The van der Waals surface area contributed by atoms with E-state index in [0.717, 1.165) is 5.56 Å². The van der Waals surface area contributed by atoms with Crippen molar-refractivity contribution in [3.05, 3.63) is 35.9 Å². The van der Waals surface area contributed by atoms with Crippen molar-refractivity contribution < 1.29 is 9.59 Å². The molecule has 24 heavy (non-hydrogen) atoms. The summed E-state index contributed by atoms with van der Waals surface area (Å²) in [6.07, 6.45) is 2.09. The van der Waals surface area contributed by atoms with Crippen molar-refractivity contribution in [1.82, 2.24) is 10.2 Å². The summed E-state index contributed by atoms with van der Waals surface area (Å²) in [5.41, 5.74) is 6.39. The summed E-state index contributed by atoms with van der Waals surface area (Å²) in [5.74, 6) is -1.01. The van der Waals surface area contributed by atoms with Gasteiger partial charge in [-0.3, -0.25) is 9.59 Å². The van der Waals surface area contributed by atoms with E-state index in [9.17, 15) is 9.59 Å². The smallest absolute Gasteiger partial charge is 0.312 e. The number of hydrogen-bond donors (Lipinski definition) is 2. The topological polar surface area (TPSA) is 75.4 Å². The van der Waals surface area contributed by atoms with Gasteiger partial charge in [0.2, 0.25) is 0 Å². The number of hydrogen-bond acceptors (Lipinski definition) is 3. The molecule has 0 bridgehead atoms. The minimum absolute atomic E-state index is 0.0418. The Morgan fingerprint density at radius 2 is 1.67 bits per heavy atom. The highest BCUT2D eigenvalue weighted by Gasteiger charge is 2.48. The minimum Gasteiger partial charge on any atom is -0.347 e. The second-order valence-electron chi connectivity index (χ2n) is 7.93. The summed E-state index contributed by atoms with van der Waals surface area (Å²) in [5, 5.41) is 2.75. The third-order valence-electron chi connectivity index (χ3n) is 4.67. The second kappa shape index (κ2) is 6.93. The molecule has 5 nitrogen and oxygen atoms in total. The van der Waals surface area contributed by atoms with Crippen LogP contribution in [0.1, 0.15) is 46.1 Å². The molecular formula is C19H29N3O2. The van der Waals surface area contributed by atoms with Gasteiger partial charge in [0, 0.05) is 23.7 Å². The van der Waals surface area contributed by atoms with Crippen LogP contribution in [0.3, 0.4) is 0 Å². The summed E-state index contributed by atoms with van der Waals surface area (Å²) in [4.78, 5) is 26.8. The molecule has 0 spiro atoms. The van der Waals surface area contributed by atoms with Crippen LogP contribution in [0.5, 0.6) is 0 Å². The number of benzene rings is 1. The minimum atomic E-state index is -0.539. The standard InChI is InChI=1S/C19H29N3O2/c1-18(2)12-15(20)13-19(3,4)22(18)17(24)16(23)21-11-10-14-8-6-5-7-9-14/h5-9,15H,10-13,20H2,1-4H3,(H,21,23). The summed E-state index contributed by atoms with van der Waals surface area (Å²) in [7, 11) is 0. The number of piperidine rings is 1. The van der Waals surface area contributed by atoms with Gasteiger partial charge in [0.1, 0.15) is 0 Å². The van der Waals surface area contributed by atoms with E-state index < -0.39 is 22.9 Å². The highest BCUT2D eigenvalue weighted by molar-refractivity contribution is 6.35. The molecule has 1 saturated heterocycles. The first-order valence-electron chi connectivity index (χ1n) is 8.55. The quantitative estimate of drug-likeness (QED) is 0.830. The fraction of sp³-hybridized carbons (Fsp3) is 0.579.